The highest BCUT2D eigenvalue weighted by atomic mass is 16.5. The van der Waals surface area contributed by atoms with E-state index in [1.54, 1.807) is 0 Å². The molecule has 1 unspecified atom stereocenters. The summed E-state index contributed by atoms with van der Waals surface area (Å²) >= 11 is 0. The number of aryl methyl sites for hydroxylation is 2. The molecule has 3 atom stereocenters. The lowest BCUT2D eigenvalue weighted by Crippen LogP contribution is -2.17. The van der Waals surface area contributed by atoms with E-state index in [4.69, 9.17) is 24.1 Å². The summed E-state index contributed by atoms with van der Waals surface area (Å²) in [6.45, 7) is 5.74. The van der Waals surface area contributed by atoms with Gasteiger partial charge in [-0.2, -0.15) is 0 Å². The number of carbonyl (C=O) groups is 1. The fraction of sp³-hybridized carbons (Fsp3) is 0.367. The molecule has 1 fully saturated rings. The number of benzene rings is 3. The highest BCUT2D eigenvalue weighted by Gasteiger charge is 2.27. The van der Waals surface area contributed by atoms with E-state index in [1.165, 1.54) is 0 Å². The van der Waals surface area contributed by atoms with Crippen molar-refractivity contribution in [1.29, 1.82) is 0 Å². The summed E-state index contributed by atoms with van der Waals surface area (Å²) in [6.07, 6.45) is 0.192. The predicted octanol–water partition coefficient (Wildman–Crippen LogP) is 5.03. The lowest BCUT2D eigenvalue weighted by Gasteiger charge is -2.16. The van der Waals surface area contributed by atoms with Crippen molar-refractivity contribution in [3.8, 4) is 28.4 Å². The van der Waals surface area contributed by atoms with Gasteiger partial charge >= 0.3 is 5.97 Å². The Hall–Kier alpha value is -3.55. The highest BCUT2D eigenvalue weighted by molar-refractivity contribution is 5.72. The van der Waals surface area contributed by atoms with E-state index in [-0.39, 0.29) is 18.4 Å². The molecule has 2 aliphatic heterocycles. The third-order valence-electron chi connectivity index (χ3n) is 6.91. The molecule has 0 aromatic heterocycles. The summed E-state index contributed by atoms with van der Waals surface area (Å²) < 4.78 is 23.2. The van der Waals surface area contributed by atoms with Crippen molar-refractivity contribution in [3.05, 3.63) is 76.9 Å². The summed E-state index contributed by atoms with van der Waals surface area (Å²) in [4.78, 5) is 11.1. The van der Waals surface area contributed by atoms with Crippen molar-refractivity contribution in [2.45, 2.75) is 51.4 Å². The van der Waals surface area contributed by atoms with E-state index in [2.05, 4.69) is 26.0 Å². The molecule has 2 N–H and O–H groups in total. The third-order valence-corrected chi connectivity index (χ3v) is 6.91. The van der Waals surface area contributed by atoms with E-state index < -0.39 is 12.1 Å². The standard InChI is InChI=1S/C30H32O7/c1-18-8-25(36-17-26-12-23(31)16-35-26)9-19(2)30(18)21-5-3-4-20(10-21)14-34-24-6-7-27-22(11-29(32)33)15-37-28(27)13-24/h3-10,13,22-23,26,31H,11-12,14-17H2,1-2H3,(H,32,33)/t22?,23-,26+/m1/s1. The largest absolute Gasteiger partial charge is 0.492 e. The molecule has 3 aromatic rings. The van der Waals surface area contributed by atoms with Crippen molar-refractivity contribution < 1.29 is 34.0 Å². The van der Waals surface area contributed by atoms with Gasteiger partial charge in [0.25, 0.3) is 0 Å². The molecule has 0 radical (unpaired) electrons. The zero-order valence-electron chi connectivity index (χ0n) is 21.1. The van der Waals surface area contributed by atoms with Crippen LogP contribution in [0.4, 0.5) is 0 Å². The van der Waals surface area contributed by atoms with E-state index in [0.717, 1.165) is 39.1 Å². The number of aliphatic hydroxyl groups is 1. The molecule has 7 heteroatoms. The van der Waals surface area contributed by atoms with Crippen LogP contribution in [0.1, 0.15) is 41.0 Å². The van der Waals surface area contributed by atoms with Crippen LogP contribution < -0.4 is 14.2 Å². The Morgan fingerprint density at radius 3 is 2.54 bits per heavy atom. The number of rotatable bonds is 9. The lowest BCUT2D eigenvalue weighted by molar-refractivity contribution is -0.137. The van der Waals surface area contributed by atoms with Crippen LogP contribution in [0.3, 0.4) is 0 Å². The fourth-order valence-corrected chi connectivity index (χ4v) is 5.16. The zero-order valence-corrected chi connectivity index (χ0v) is 21.1. The first kappa shape index (κ1) is 25.1. The molecule has 2 heterocycles. The van der Waals surface area contributed by atoms with Crippen LogP contribution in [0, 0.1) is 13.8 Å². The molecule has 0 amide bonds. The van der Waals surface area contributed by atoms with Crippen LogP contribution in [0.25, 0.3) is 11.1 Å². The average molecular weight is 505 g/mol. The Balaban J connectivity index is 1.24. The van der Waals surface area contributed by atoms with Crippen LogP contribution in [0.2, 0.25) is 0 Å². The van der Waals surface area contributed by atoms with Crippen LogP contribution in [-0.4, -0.2) is 48.2 Å². The van der Waals surface area contributed by atoms with Crippen molar-refractivity contribution >= 4 is 5.97 Å². The van der Waals surface area contributed by atoms with Gasteiger partial charge in [0.2, 0.25) is 0 Å². The maximum atomic E-state index is 11.1. The van der Waals surface area contributed by atoms with Crippen LogP contribution in [0.15, 0.2) is 54.6 Å². The molecule has 5 rings (SSSR count). The minimum Gasteiger partial charge on any atom is -0.492 e. The van der Waals surface area contributed by atoms with Crippen LogP contribution in [0.5, 0.6) is 17.2 Å². The normalized spacial score (nSPS) is 20.4. The van der Waals surface area contributed by atoms with Gasteiger partial charge in [-0.1, -0.05) is 24.3 Å². The number of hydrogen-bond donors (Lipinski definition) is 2. The van der Waals surface area contributed by atoms with Gasteiger partial charge in [-0.15, -0.1) is 0 Å². The SMILES string of the molecule is Cc1cc(OC[C@@H]2C[C@@H](O)CO2)cc(C)c1-c1cccc(COc2ccc3c(c2)OCC3CC(=O)O)c1. The molecule has 0 bridgehead atoms. The van der Waals surface area contributed by atoms with Crippen LogP contribution in [-0.2, 0) is 16.1 Å². The second-order valence-electron chi connectivity index (χ2n) is 9.88. The van der Waals surface area contributed by atoms with E-state index in [1.807, 2.05) is 42.5 Å². The fourth-order valence-electron chi connectivity index (χ4n) is 5.16. The quantitative estimate of drug-likeness (QED) is 0.422. The molecule has 0 spiro atoms. The summed E-state index contributed by atoms with van der Waals surface area (Å²) in [5.41, 5.74) is 6.47. The smallest absolute Gasteiger partial charge is 0.304 e. The average Bonchev–Trinajstić information content (AvgIpc) is 3.46. The van der Waals surface area contributed by atoms with E-state index in [9.17, 15) is 9.90 Å². The Morgan fingerprint density at radius 2 is 1.81 bits per heavy atom. The molecule has 194 valence electrons. The first-order valence-electron chi connectivity index (χ1n) is 12.6. The van der Waals surface area contributed by atoms with Crippen LogP contribution >= 0.6 is 0 Å². The summed E-state index contributed by atoms with van der Waals surface area (Å²) in [7, 11) is 0. The van der Waals surface area contributed by atoms with Crippen molar-refractivity contribution in [3.63, 3.8) is 0 Å². The number of carboxylic acid groups (broad SMARTS) is 1. The molecule has 2 aliphatic rings. The number of aliphatic hydroxyl groups excluding tert-OH is 1. The molecule has 37 heavy (non-hydrogen) atoms. The molecule has 3 aromatic carbocycles. The first-order chi connectivity index (χ1) is 17.9. The Bertz CT molecular complexity index is 1260. The van der Waals surface area contributed by atoms with E-state index >= 15 is 0 Å². The first-order valence-corrected chi connectivity index (χ1v) is 12.6. The molecule has 0 saturated carbocycles. The molecule has 1 saturated heterocycles. The molecular weight excluding hydrogens is 472 g/mol. The maximum Gasteiger partial charge on any atom is 0.304 e. The minimum absolute atomic E-state index is 0.0605. The van der Waals surface area contributed by atoms with Gasteiger partial charge in [0.1, 0.15) is 30.5 Å². The number of aliphatic carboxylic acids is 1. The number of ether oxygens (including phenoxy) is 4. The maximum absolute atomic E-state index is 11.1. The molecule has 7 nitrogen and oxygen atoms in total. The highest BCUT2D eigenvalue weighted by Crippen LogP contribution is 2.38. The summed E-state index contributed by atoms with van der Waals surface area (Å²) in [5.74, 6) is 1.24. The topological polar surface area (TPSA) is 94.5 Å². The molecule has 0 aliphatic carbocycles. The monoisotopic (exact) mass is 504 g/mol. The number of carboxylic acids is 1. The second-order valence-corrected chi connectivity index (χ2v) is 9.88. The summed E-state index contributed by atoms with van der Waals surface area (Å²) in [6, 6.07) is 18.0. The van der Waals surface area contributed by atoms with Gasteiger partial charge < -0.3 is 29.2 Å². The number of fused-ring (bicyclic) bond motifs is 1. The van der Waals surface area contributed by atoms with Gasteiger partial charge in [-0.3, -0.25) is 4.79 Å². The van der Waals surface area contributed by atoms with E-state index in [0.29, 0.717) is 44.3 Å². The van der Waals surface area contributed by atoms with Crippen molar-refractivity contribution in [2.75, 3.05) is 19.8 Å². The number of hydrogen-bond acceptors (Lipinski definition) is 6. The van der Waals surface area contributed by atoms with Gasteiger partial charge in [0.05, 0.1) is 31.8 Å². The predicted molar refractivity (Wildman–Crippen MR) is 138 cm³/mol. The zero-order chi connectivity index (χ0) is 25.9. The Labute approximate surface area is 216 Å². The third kappa shape index (κ3) is 5.89. The minimum atomic E-state index is -0.825. The summed E-state index contributed by atoms with van der Waals surface area (Å²) in [5, 5.41) is 18.7. The van der Waals surface area contributed by atoms with Gasteiger partial charge in [0.15, 0.2) is 0 Å². The van der Waals surface area contributed by atoms with Crippen molar-refractivity contribution in [2.24, 2.45) is 0 Å². The Kier molecular flexibility index (Phi) is 7.35. The Morgan fingerprint density at radius 1 is 1.00 bits per heavy atom. The van der Waals surface area contributed by atoms with Gasteiger partial charge in [-0.05, 0) is 65.9 Å². The van der Waals surface area contributed by atoms with Crippen molar-refractivity contribution in [1.82, 2.24) is 0 Å². The molecular formula is C30H32O7. The van der Waals surface area contributed by atoms with Gasteiger partial charge in [-0.25, -0.2) is 0 Å². The second kappa shape index (κ2) is 10.8. The lowest BCUT2D eigenvalue weighted by atomic mass is 9.94. The van der Waals surface area contributed by atoms with Gasteiger partial charge in [0, 0.05) is 24.0 Å².